The van der Waals surface area contributed by atoms with Gasteiger partial charge in [-0.05, 0) is 25.5 Å². The van der Waals surface area contributed by atoms with Crippen LogP contribution >= 0.6 is 11.8 Å². The highest BCUT2D eigenvalue weighted by Crippen LogP contribution is 2.14. The maximum absolute atomic E-state index is 3.76. The Hall–Kier alpha value is 0.0900. The number of rotatable bonds is 16. The third kappa shape index (κ3) is 18.1. The summed E-state index contributed by atoms with van der Waals surface area (Å²) >= 11 is 1.86. The Labute approximate surface area is 126 Å². The topological polar surface area (TPSA) is 0 Å². The standard InChI is InChI=1S/C18H35S/c1-3-4-5-6-7-8-9-10-11-12-13-14-15-16-17-18-19-2/h3,18H,1,4-17H2,2H3. The summed E-state index contributed by atoms with van der Waals surface area (Å²) in [5.74, 6) is 2.33. The van der Waals surface area contributed by atoms with E-state index in [1.54, 1.807) is 0 Å². The van der Waals surface area contributed by atoms with Gasteiger partial charge >= 0.3 is 0 Å². The van der Waals surface area contributed by atoms with Gasteiger partial charge in [-0.2, -0.15) is 11.8 Å². The first kappa shape index (κ1) is 19.1. The molecule has 0 unspecified atom stereocenters. The quantitative estimate of drug-likeness (QED) is 0.214. The van der Waals surface area contributed by atoms with Gasteiger partial charge in [0, 0.05) is 5.75 Å². The van der Waals surface area contributed by atoms with E-state index in [2.05, 4.69) is 18.6 Å². The van der Waals surface area contributed by atoms with E-state index in [0.717, 1.165) is 0 Å². The molecule has 0 aliphatic rings. The molecule has 1 radical (unpaired) electrons. The first-order valence-electron chi connectivity index (χ1n) is 8.37. The summed E-state index contributed by atoms with van der Waals surface area (Å²) in [7, 11) is 0. The van der Waals surface area contributed by atoms with Crippen molar-refractivity contribution in [2.24, 2.45) is 0 Å². The average Bonchev–Trinajstić information content (AvgIpc) is 2.43. The van der Waals surface area contributed by atoms with Crippen molar-refractivity contribution in [2.75, 3.05) is 6.26 Å². The van der Waals surface area contributed by atoms with Crippen molar-refractivity contribution in [3.05, 3.63) is 18.4 Å². The Morgan fingerprint density at radius 3 is 1.37 bits per heavy atom. The van der Waals surface area contributed by atoms with Crippen molar-refractivity contribution in [3.63, 3.8) is 0 Å². The number of thioether (sulfide) groups is 1. The zero-order valence-electron chi connectivity index (χ0n) is 13.2. The van der Waals surface area contributed by atoms with Crippen LogP contribution < -0.4 is 0 Å². The van der Waals surface area contributed by atoms with Crippen molar-refractivity contribution in [2.45, 2.75) is 89.9 Å². The monoisotopic (exact) mass is 283 g/mol. The van der Waals surface area contributed by atoms with Gasteiger partial charge in [-0.3, -0.25) is 0 Å². The molecular formula is C18H35S. The van der Waals surface area contributed by atoms with Gasteiger partial charge in [0.1, 0.15) is 0 Å². The third-order valence-electron chi connectivity index (χ3n) is 3.65. The minimum Gasteiger partial charge on any atom is -0.161 e. The molecule has 0 aliphatic carbocycles. The molecule has 0 saturated heterocycles. The SMILES string of the molecule is C=CCCCCCCCCCCCCCC[CH]SC. The maximum atomic E-state index is 3.76. The predicted octanol–water partition coefficient (Wildman–Crippen LogP) is 7.16. The molecule has 0 aromatic rings. The molecule has 0 nitrogen and oxygen atoms in total. The van der Waals surface area contributed by atoms with Gasteiger partial charge in [0.2, 0.25) is 0 Å². The van der Waals surface area contributed by atoms with E-state index >= 15 is 0 Å². The fraction of sp³-hybridized carbons (Fsp3) is 0.833. The lowest BCUT2D eigenvalue weighted by Crippen LogP contribution is -1.83. The molecule has 0 aliphatic heterocycles. The van der Waals surface area contributed by atoms with Crippen molar-refractivity contribution in [3.8, 4) is 0 Å². The van der Waals surface area contributed by atoms with Crippen molar-refractivity contribution in [1.29, 1.82) is 0 Å². The summed E-state index contributed by atoms with van der Waals surface area (Å²) in [6, 6.07) is 0. The summed E-state index contributed by atoms with van der Waals surface area (Å²) in [6.07, 6.45) is 23.9. The van der Waals surface area contributed by atoms with E-state index in [-0.39, 0.29) is 0 Å². The second-order valence-electron chi connectivity index (χ2n) is 5.51. The van der Waals surface area contributed by atoms with Crippen LogP contribution in [0.3, 0.4) is 0 Å². The largest absolute Gasteiger partial charge is 0.161 e. The fourth-order valence-corrected chi connectivity index (χ4v) is 2.80. The molecule has 0 amide bonds. The van der Waals surface area contributed by atoms with Crippen LogP contribution in [0.5, 0.6) is 0 Å². The van der Waals surface area contributed by atoms with Crippen molar-refractivity contribution in [1.82, 2.24) is 0 Å². The highest BCUT2D eigenvalue weighted by molar-refractivity contribution is 8.00. The molecule has 19 heavy (non-hydrogen) atoms. The normalized spacial score (nSPS) is 10.8. The zero-order chi connectivity index (χ0) is 14.0. The molecule has 1 heteroatoms. The Morgan fingerprint density at radius 1 is 0.632 bits per heavy atom. The van der Waals surface area contributed by atoms with Crippen LogP contribution in [0.2, 0.25) is 0 Å². The Kier molecular flexibility index (Phi) is 18.2. The van der Waals surface area contributed by atoms with Crippen LogP contribution in [0.1, 0.15) is 89.9 Å². The van der Waals surface area contributed by atoms with E-state index in [1.807, 2.05) is 17.8 Å². The highest BCUT2D eigenvalue weighted by Gasteiger charge is 1.93. The maximum Gasteiger partial charge on any atom is 0.0163 e. The molecule has 0 fully saturated rings. The van der Waals surface area contributed by atoms with Gasteiger partial charge in [0.05, 0.1) is 0 Å². The number of hydrogen-bond acceptors (Lipinski definition) is 1. The van der Waals surface area contributed by atoms with Crippen LogP contribution in [0, 0.1) is 5.75 Å². The first-order valence-corrected chi connectivity index (χ1v) is 9.66. The Morgan fingerprint density at radius 2 is 1.00 bits per heavy atom. The molecular weight excluding hydrogens is 248 g/mol. The lowest BCUT2D eigenvalue weighted by molar-refractivity contribution is 0.542. The molecule has 0 aromatic heterocycles. The Balaban J connectivity index is 2.89. The van der Waals surface area contributed by atoms with Gasteiger partial charge in [0.25, 0.3) is 0 Å². The van der Waals surface area contributed by atoms with E-state index in [4.69, 9.17) is 0 Å². The fourth-order valence-electron chi connectivity index (χ4n) is 2.40. The number of allylic oxidation sites excluding steroid dienone is 1. The van der Waals surface area contributed by atoms with Crippen LogP contribution in [0.15, 0.2) is 12.7 Å². The summed E-state index contributed by atoms with van der Waals surface area (Å²) in [5.41, 5.74) is 0. The summed E-state index contributed by atoms with van der Waals surface area (Å²) in [4.78, 5) is 0. The minimum atomic E-state index is 1.20. The van der Waals surface area contributed by atoms with E-state index in [9.17, 15) is 0 Å². The minimum absolute atomic E-state index is 1.20. The molecule has 0 bridgehead atoms. The second-order valence-corrected chi connectivity index (χ2v) is 6.32. The molecule has 0 spiro atoms. The molecule has 0 atom stereocenters. The van der Waals surface area contributed by atoms with Crippen LogP contribution in [0.4, 0.5) is 0 Å². The summed E-state index contributed by atoms with van der Waals surface area (Å²) in [5, 5.41) is 0. The zero-order valence-corrected chi connectivity index (χ0v) is 14.0. The second kappa shape index (κ2) is 18.1. The van der Waals surface area contributed by atoms with Crippen LogP contribution in [-0.4, -0.2) is 6.26 Å². The highest BCUT2D eigenvalue weighted by atomic mass is 32.2. The predicted molar refractivity (Wildman–Crippen MR) is 92.7 cm³/mol. The summed E-state index contributed by atoms with van der Waals surface area (Å²) in [6.45, 7) is 3.76. The van der Waals surface area contributed by atoms with Gasteiger partial charge in [-0.25, -0.2) is 0 Å². The van der Waals surface area contributed by atoms with Gasteiger partial charge in [-0.15, -0.1) is 6.58 Å². The molecule has 113 valence electrons. The van der Waals surface area contributed by atoms with E-state index in [0.29, 0.717) is 0 Å². The smallest absolute Gasteiger partial charge is 0.0163 e. The van der Waals surface area contributed by atoms with Gasteiger partial charge < -0.3 is 0 Å². The van der Waals surface area contributed by atoms with Crippen molar-refractivity contribution < 1.29 is 0 Å². The lowest BCUT2D eigenvalue weighted by Gasteiger charge is -2.02. The average molecular weight is 284 g/mol. The molecule has 0 rings (SSSR count). The Bertz CT molecular complexity index is 165. The summed E-state index contributed by atoms with van der Waals surface area (Å²) < 4.78 is 0. The van der Waals surface area contributed by atoms with E-state index < -0.39 is 0 Å². The van der Waals surface area contributed by atoms with Crippen LogP contribution in [0.25, 0.3) is 0 Å². The van der Waals surface area contributed by atoms with Crippen molar-refractivity contribution >= 4 is 11.8 Å². The molecule has 0 saturated carbocycles. The van der Waals surface area contributed by atoms with E-state index in [1.165, 1.54) is 89.9 Å². The molecule has 0 aromatic carbocycles. The molecule has 0 heterocycles. The lowest BCUT2D eigenvalue weighted by atomic mass is 10.0. The number of unbranched alkanes of at least 4 members (excludes halogenated alkanes) is 13. The number of hydrogen-bond donors (Lipinski definition) is 0. The van der Waals surface area contributed by atoms with Crippen LogP contribution in [-0.2, 0) is 0 Å². The van der Waals surface area contributed by atoms with Gasteiger partial charge in [0.15, 0.2) is 0 Å². The first-order chi connectivity index (χ1) is 9.41. The van der Waals surface area contributed by atoms with Gasteiger partial charge in [-0.1, -0.05) is 76.7 Å². The molecule has 0 N–H and O–H groups in total. The third-order valence-corrected chi connectivity index (χ3v) is 4.22.